The van der Waals surface area contributed by atoms with E-state index in [2.05, 4.69) is 50.1 Å². The van der Waals surface area contributed by atoms with E-state index in [1.807, 2.05) is 0 Å². The molecule has 1 aliphatic rings. The third-order valence-electron chi connectivity index (χ3n) is 3.28. The van der Waals surface area contributed by atoms with Gasteiger partial charge in [0.1, 0.15) is 0 Å². The Morgan fingerprint density at radius 3 is 2.67 bits per heavy atom. The van der Waals surface area contributed by atoms with Crippen LogP contribution in [-0.4, -0.2) is 25.0 Å². The van der Waals surface area contributed by atoms with Gasteiger partial charge in [0.2, 0.25) is 0 Å². The van der Waals surface area contributed by atoms with Gasteiger partial charge in [0.15, 0.2) is 0 Å². The van der Waals surface area contributed by atoms with Gasteiger partial charge < -0.3 is 4.90 Å². The number of hydrogen-bond donors (Lipinski definition) is 0. The van der Waals surface area contributed by atoms with Crippen molar-refractivity contribution in [3.8, 4) is 0 Å². The van der Waals surface area contributed by atoms with E-state index in [9.17, 15) is 0 Å². The van der Waals surface area contributed by atoms with Gasteiger partial charge in [-0.2, -0.15) is 0 Å². The van der Waals surface area contributed by atoms with Gasteiger partial charge >= 0.3 is 0 Å². The third-order valence-corrected chi connectivity index (χ3v) is 3.28. The summed E-state index contributed by atoms with van der Waals surface area (Å²) in [6.07, 6.45) is 1.25. The number of likely N-dealkylation sites (tertiary alicyclic amines) is 1. The van der Waals surface area contributed by atoms with Crippen LogP contribution in [0.15, 0.2) is 24.3 Å². The predicted octanol–water partition coefficient (Wildman–Crippen LogP) is 2.91. The summed E-state index contributed by atoms with van der Waals surface area (Å²) in [6, 6.07) is 9.08. The van der Waals surface area contributed by atoms with Gasteiger partial charge in [-0.1, -0.05) is 38.1 Å². The van der Waals surface area contributed by atoms with Crippen molar-refractivity contribution in [3.63, 3.8) is 0 Å². The molecular weight excluding hydrogens is 182 g/mol. The maximum Gasteiger partial charge on any atom is 0.00222 e. The van der Waals surface area contributed by atoms with E-state index in [0.29, 0.717) is 5.92 Å². The van der Waals surface area contributed by atoms with Crippen molar-refractivity contribution in [2.24, 2.45) is 5.92 Å². The molecule has 0 bridgehead atoms. The monoisotopic (exact) mass is 203 g/mol. The standard InChI is InChI=1S/C14H21N/c1-11(2)14-6-4-5-12(8-14)7-13-9-15(3)10-13/h4-6,8,11,13H,7,9-10H2,1-3H3. The highest BCUT2D eigenvalue weighted by Crippen LogP contribution is 2.21. The minimum Gasteiger partial charge on any atom is -0.306 e. The van der Waals surface area contributed by atoms with Crippen LogP contribution in [0.3, 0.4) is 0 Å². The summed E-state index contributed by atoms with van der Waals surface area (Å²) in [5.41, 5.74) is 2.99. The molecular formula is C14H21N. The Morgan fingerprint density at radius 2 is 2.07 bits per heavy atom. The number of nitrogens with zero attached hydrogens (tertiary/aromatic N) is 1. The zero-order valence-corrected chi connectivity index (χ0v) is 10.0. The van der Waals surface area contributed by atoms with E-state index in [-0.39, 0.29) is 0 Å². The van der Waals surface area contributed by atoms with Crippen molar-refractivity contribution < 1.29 is 0 Å². The number of hydrogen-bond acceptors (Lipinski definition) is 1. The van der Waals surface area contributed by atoms with Crippen LogP contribution < -0.4 is 0 Å². The molecule has 1 aliphatic heterocycles. The second kappa shape index (κ2) is 4.36. The molecule has 2 rings (SSSR count). The van der Waals surface area contributed by atoms with Crippen molar-refractivity contribution in [2.45, 2.75) is 26.2 Å². The average molecular weight is 203 g/mol. The highest BCUT2D eigenvalue weighted by atomic mass is 15.2. The summed E-state index contributed by atoms with van der Waals surface area (Å²) in [5.74, 6) is 1.53. The zero-order chi connectivity index (χ0) is 10.8. The fraction of sp³-hybridized carbons (Fsp3) is 0.571. The normalized spacial score (nSPS) is 18.1. The van der Waals surface area contributed by atoms with E-state index >= 15 is 0 Å². The average Bonchev–Trinajstić information content (AvgIpc) is 2.16. The Kier molecular flexibility index (Phi) is 3.11. The highest BCUT2D eigenvalue weighted by molar-refractivity contribution is 5.26. The minimum atomic E-state index is 0.647. The lowest BCUT2D eigenvalue weighted by Gasteiger charge is -2.36. The molecule has 82 valence electrons. The van der Waals surface area contributed by atoms with E-state index in [1.54, 1.807) is 0 Å². The van der Waals surface area contributed by atoms with Crippen molar-refractivity contribution in [1.29, 1.82) is 0 Å². The summed E-state index contributed by atoms with van der Waals surface area (Å²) in [7, 11) is 2.20. The lowest BCUT2D eigenvalue weighted by Crippen LogP contribution is -2.44. The lowest BCUT2D eigenvalue weighted by atomic mass is 9.91. The van der Waals surface area contributed by atoms with Gasteiger partial charge in [0.25, 0.3) is 0 Å². The third kappa shape index (κ3) is 2.60. The molecule has 1 aromatic rings. The molecule has 0 aliphatic carbocycles. The zero-order valence-electron chi connectivity index (χ0n) is 10.0. The van der Waals surface area contributed by atoms with Crippen molar-refractivity contribution in [1.82, 2.24) is 4.90 Å². The van der Waals surface area contributed by atoms with Crippen molar-refractivity contribution >= 4 is 0 Å². The molecule has 15 heavy (non-hydrogen) atoms. The molecule has 1 saturated heterocycles. The number of benzene rings is 1. The fourth-order valence-electron chi connectivity index (χ4n) is 2.37. The molecule has 0 aromatic heterocycles. The van der Waals surface area contributed by atoms with Crippen LogP contribution in [0.25, 0.3) is 0 Å². The molecule has 1 heterocycles. The highest BCUT2D eigenvalue weighted by Gasteiger charge is 2.22. The Balaban J connectivity index is 1.99. The predicted molar refractivity (Wildman–Crippen MR) is 65.2 cm³/mol. The number of rotatable bonds is 3. The van der Waals surface area contributed by atoms with E-state index in [0.717, 1.165) is 5.92 Å². The molecule has 1 heteroatoms. The Morgan fingerprint density at radius 1 is 1.33 bits per heavy atom. The first-order chi connectivity index (χ1) is 7.15. The lowest BCUT2D eigenvalue weighted by molar-refractivity contribution is 0.134. The molecule has 0 unspecified atom stereocenters. The van der Waals surface area contributed by atoms with Gasteiger partial charge in [-0.15, -0.1) is 0 Å². The van der Waals surface area contributed by atoms with Crippen LogP contribution >= 0.6 is 0 Å². The first kappa shape index (κ1) is 10.7. The van der Waals surface area contributed by atoms with Gasteiger partial charge in [-0.25, -0.2) is 0 Å². The summed E-state index contributed by atoms with van der Waals surface area (Å²) in [5, 5.41) is 0. The van der Waals surface area contributed by atoms with Gasteiger partial charge in [0.05, 0.1) is 0 Å². The van der Waals surface area contributed by atoms with Crippen LogP contribution in [0.4, 0.5) is 0 Å². The van der Waals surface area contributed by atoms with Crippen molar-refractivity contribution in [2.75, 3.05) is 20.1 Å². The van der Waals surface area contributed by atoms with Crippen LogP contribution in [-0.2, 0) is 6.42 Å². The van der Waals surface area contributed by atoms with Crippen LogP contribution in [0, 0.1) is 5.92 Å². The Labute approximate surface area is 93.1 Å². The molecule has 0 amide bonds. The summed E-state index contributed by atoms with van der Waals surface area (Å²) >= 11 is 0. The van der Waals surface area contributed by atoms with E-state index in [4.69, 9.17) is 0 Å². The van der Waals surface area contributed by atoms with Gasteiger partial charge in [0, 0.05) is 13.1 Å². The van der Waals surface area contributed by atoms with Gasteiger partial charge in [-0.05, 0) is 36.4 Å². The SMILES string of the molecule is CC(C)c1cccc(CC2CN(C)C2)c1. The van der Waals surface area contributed by atoms with Crippen LogP contribution in [0.5, 0.6) is 0 Å². The first-order valence-electron chi connectivity index (χ1n) is 5.92. The fourth-order valence-corrected chi connectivity index (χ4v) is 2.37. The quantitative estimate of drug-likeness (QED) is 0.730. The maximum atomic E-state index is 2.39. The maximum absolute atomic E-state index is 2.39. The molecule has 0 saturated carbocycles. The first-order valence-corrected chi connectivity index (χ1v) is 5.92. The topological polar surface area (TPSA) is 3.24 Å². The second-order valence-electron chi connectivity index (χ2n) is 5.19. The van der Waals surface area contributed by atoms with Crippen LogP contribution in [0.1, 0.15) is 30.9 Å². The summed E-state index contributed by atoms with van der Waals surface area (Å²) in [4.78, 5) is 2.39. The van der Waals surface area contributed by atoms with E-state index in [1.165, 1.54) is 30.6 Å². The molecule has 0 radical (unpaired) electrons. The molecule has 1 aromatic carbocycles. The molecule has 0 N–H and O–H groups in total. The smallest absolute Gasteiger partial charge is 0.00222 e. The van der Waals surface area contributed by atoms with Crippen molar-refractivity contribution in [3.05, 3.63) is 35.4 Å². The molecule has 0 spiro atoms. The summed E-state index contributed by atoms with van der Waals surface area (Å²) < 4.78 is 0. The van der Waals surface area contributed by atoms with E-state index < -0.39 is 0 Å². The Hall–Kier alpha value is -0.820. The second-order valence-corrected chi connectivity index (χ2v) is 5.19. The van der Waals surface area contributed by atoms with Crippen LogP contribution in [0.2, 0.25) is 0 Å². The Bertz CT molecular complexity index is 324. The molecule has 1 nitrogen and oxygen atoms in total. The molecule has 0 atom stereocenters. The largest absolute Gasteiger partial charge is 0.306 e. The molecule has 1 fully saturated rings. The minimum absolute atomic E-state index is 0.647. The van der Waals surface area contributed by atoms with Gasteiger partial charge in [-0.3, -0.25) is 0 Å². The summed E-state index contributed by atoms with van der Waals surface area (Å²) in [6.45, 7) is 7.06.